The molecule has 156 valence electrons. The summed E-state index contributed by atoms with van der Waals surface area (Å²) >= 11 is 1.39. The molecule has 0 aliphatic carbocycles. The summed E-state index contributed by atoms with van der Waals surface area (Å²) in [4.78, 5) is 4.75. The van der Waals surface area contributed by atoms with Gasteiger partial charge < -0.3 is 10.8 Å². The van der Waals surface area contributed by atoms with E-state index < -0.39 is 22.2 Å². The minimum atomic E-state index is -3.55. The Bertz CT molecular complexity index is 1050. The Kier molecular flexibility index (Phi) is 7.02. The predicted octanol–water partition coefficient (Wildman–Crippen LogP) is 2.70. The van der Waals surface area contributed by atoms with Gasteiger partial charge in [0.2, 0.25) is 10.0 Å². The zero-order chi connectivity index (χ0) is 21.0. The van der Waals surface area contributed by atoms with Gasteiger partial charge in [0.25, 0.3) is 0 Å². The molecule has 6 nitrogen and oxygen atoms in total. The fourth-order valence-electron chi connectivity index (χ4n) is 2.92. The predicted molar refractivity (Wildman–Crippen MR) is 117 cm³/mol. The summed E-state index contributed by atoms with van der Waals surface area (Å²) in [5, 5.41) is 11.2. The molecule has 2 atom stereocenters. The Morgan fingerprint density at radius 1 is 1.14 bits per heavy atom. The van der Waals surface area contributed by atoms with Gasteiger partial charge in [-0.25, -0.2) is 18.1 Å². The summed E-state index contributed by atoms with van der Waals surface area (Å²) in [6, 6.07) is 14.3. The van der Waals surface area contributed by atoms with E-state index in [1.165, 1.54) is 11.3 Å². The van der Waals surface area contributed by atoms with Gasteiger partial charge in [0.05, 0.1) is 26.2 Å². The van der Waals surface area contributed by atoms with E-state index in [0.29, 0.717) is 19.4 Å². The van der Waals surface area contributed by atoms with E-state index in [9.17, 15) is 13.5 Å². The van der Waals surface area contributed by atoms with E-state index in [4.69, 9.17) is 5.73 Å². The number of benzene rings is 2. The van der Waals surface area contributed by atoms with Crippen molar-refractivity contribution in [3.63, 3.8) is 0 Å². The normalized spacial score (nSPS) is 14.4. The third-order valence-electron chi connectivity index (χ3n) is 4.59. The van der Waals surface area contributed by atoms with Crippen molar-refractivity contribution >= 4 is 31.6 Å². The van der Waals surface area contributed by atoms with Crippen LogP contribution in [0.5, 0.6) is 0 Å². The molecule has 0 saturated heterocycles. The number of fused-ring (bicyclic) bond motifs is 1. The van der Waals surface area contributed by atoms with Crippen molar-refractivity contribution in [3.8, 4) is 0 Å². The first-order valence-electron chi connectivity index (χ1n) is 9.61. The number of thiazole rings is 1. The molecule has 3 rings (SSSR count). The lowest BCUT2D eigenvalue weighted by molar-refractivity contribution is 0.144. The van der Waals surface area contributed by atoms with Crippen molar-refractivity contribution in [2.75, 3.05) is 6.54 Å². The van der Waals surface area contributed by atoms with Gasteiger partial charge in [0, 0.05) is 19.0 Å². The quantitative estimate of drug-likeness (QED) is 0.481. The molecule has 4 N–H and O–H groups in total. The summed E-state index contributed by atoms with van der Waals surface area (Å²) in [7, 11) is -3.55. The molecule has 0 bridgehead atoms. The second kappa shape index (κ2) is 9.32. The molecule has 2 aromatic carbocycles. The summed E-state index contributed by atoms with van der Waals surface area (Å²) < 4.78 is 28.3. The Morgan fingerprint density at radius 2 is 1.86 bits per heavy atom. The number of aliphatic hydroxyl groups is 1. The largest absolute Gasteiger partial charge is 0.391 e. The van der Waals surface area contributed by atoms with Gasteiger partial charge in [0.15, 0.2) is 0 Å². The van der Waals surface area contributed by atoms with Crippen molar-refractivity contribution in [3.05, 3.63) is 59.1 Å². The Morgan fingerprint density at radius 3 is 2.55 bits per heavy atom. The van der Waals surface area contributed by atoms with Crippen LogP contribution >= 0.6 is 11.3 Å². The van der Waals surface area contributed by atoms with Crippen LogP contribution in [0.1, 0.15) is 24.4 Å². The zero-order valence-electron chi connectivity index (χ0n) is 16.6. The smallest absolute Gasteiger partial charge is 0.240 e. The molecule has 0 saturated carbocycles. The number of aliphatic hydroxyl groups excluding tert-OH is 1. The summed E-state index contributed by atoms with van der Waals surface area (Å²) in [5.74, 6) is 0.227. The van der Waals surface area contributed by atoms with Gasteiger partial charge >= 0.3 is 0 Å². The van der Waals surface area contributed by atoms with Crippen molar-refractivity contribution in [2.45, 2.75) is 43.7 Å². The second-order valence-corrected chi connectivity index (χ2v) is 10.5. The topological polar surface area (TPSA) is 105 Å². The van der Waals surface area contributed by atoms with Crippen molar-refractivity contribution in [1.82, 2.24) is 9.71 Å². The summed E-state index contributed by atoms with van der Waals surface area (Å²) in [5.41, 5.74) is 7.96. The zero-order valence-corrected chi connectivity index (χ0v) is 18.2. The van der Waals surface area contributed by atoms with Crippen LogP contribution in [0.2, 0.25) is 0 Å². The van der Waals surface area contributed by atoms with E-state index in [1.54, 1.807) is 18.2 Å². The van der Waals surface area contributed by atoms with Crippen LogP contribution in [-0.2, 0) is 22.9 Å². The third-order valence-corrected chi connectivity index (χ3v) is 7.05. The number of nitrogens with two attached hydrogens (primary N) is 1. The number of hydrogen-bond donors (Lipinski definition) is 3. The monoisotopic (exact) mass is 433 g/mol. The van der Waals surface area contributed by atoms with Gasteiger partial charge in [-0.1, -0.05) is 44.2 Å². The minimum Gasteiger partial charge on any atom is -0.391 e. The standard InChI is InChI=1S/C21H27N3O3S2/c1-14(2)13-23-29(26,27)16-8-9-18-20(11-16)28-21(24-18)12-19(25)17(22)10-15-6-4-3-5-7-15/h3-9,11,14,17,19,23,25H,10,12-13,22H2,1-2H3/t17-,19+/m0/s1. The second-order valence-electron chi connectivity index (χ2n) is 7.61. The van der Waals surface area contributed by atoms with E-state index in [1.807, 2.05) is 44.2 Å². The maximum absolute atomic E-state index is 12.4. The first-order chi connectivity index (χ1) is 13.7. The van der Waals surface area contributed by atoms with Gasteiger partial charge in [-0.2, -0.15) is 0 Å². The van der Waals surface area contributed by atoms with Crippen LogP contribution in [-0.4, -0.2) is 37.2 Å². The highest BCUT2D eigenvalue weighted by molar-refractivity contribution is 7.89. The lowest BCUT2D eigenvalue weighted by atomic mass is 10.0. The number of hydrogen-bond acceptors (Lipinski definition) is 6. The molecule has 8 heteroatoms. The van der Waals surface area contributed by atoms with Gasteiger partial charge in [-0.05, 0) is 36.1 Å². The average Bonchev–Trinajstić information content (AvgIpc) is 3.08. The first kappa shape index (κ1) is 21.9. The SMILES string of the molecule is CC(C)CNS(=O)(=O)c1ccc2nc(C[C@@H](O)[C@@H](N)Cc3ccccc3)sc2c1. The molecule has 0 aliphatic heterocycles. The van der Waals surface area contributed by atoms with E-state index in [0.717, 1.165) is 20.8 Å². The van der Waals surface area contributed by atoms with Crippen LogP contribution in [0.4, 0.5) is 0 Å². The van der Waals surface area contributed by atoms with Crippen molar-refractivity contribution in [2.24, 2.45) is 11.7 Å². The maximum Gasteiger partial charge on any atom is 0.240 e. The van der Waals surface area contributed by atoms with Crippen molar-refractivity contribution < 1.29 is 13.5 Å². The van der Waals surface area contributed by atoms with Crippen LogP contribution in [0, 0.1) is 5.92 Å². The fourth-order valence-corrected chi connectivity index (χ4v) is 5.29. The van der Waals surface area contributed by atoms with Gasteiger partial charge in [-0.3, -0.25) is 0 Å². The third kappa shape index (κ3) is 5.83. The lowest BCUT2D eigenvalue weighted by Gasteiger charge is -2.17. The summed E-state index contributed by atoms with van der Waals surface area (Å²) in [6.45, 7) is 4.30. The maximum atomic E-state index is 12.4. The Hall–Kier alpha value is -1.84. The molecule has 0 aliphatic rings. The van der Waals surface area contributed by atoms with Crippen molar-refractivity contribution in [1.29, 1.82) is 0 Å². The van der Waals surface area contributed by atoms with E-state index in [2.05, 4.69) is 9.71 Å². The molecule has 0 radical (unpaired) electrons. The molecule has 0 fully saturated rings. The average molecular weight is 434 g/mol. The molecule has 3 aromatic rings. The number of sulfonamides is 1. The van der Waals surface area contributed by atoms with Crippen LogP contribution < -0.4 is 10.5 Å². The number of nitrogens with one attached hydrogen (secondary N) is 1. The molecule has 29 heavy (non-hydrogen) atoms. The van der Waals surface area contributed by atoms with E-state index in [-0.39, 0.29) is 10.8 Å². The Labute approximate surface area is 175 Å². The minimum absolute atomic E-state index is 0.224. The number of nitrogens with zero attached hydrogens (tertiary/aromatic N) is 1. The molecule has 0 spiro atoms. The molecular formula is C21H27N3O3S2. The first-order valence-corrected chi connectivity index (χ1v) is 11.9. The lowest BCUT2D eigenvalue weighted by Crippen LogP contribution is -2.38. The molecule has 1 aromatic heterocycles. The highest BCUT2D eigenvalue weighted by Crippen LogP contribution is 2.26. The van der Waals surface area contributed by atoms with Gasteiger partial charge in [0.1, 0.15) is 0 Å². The van der Waals surface area contributed by atoms with Gasteiger partial charge in [-0.15, -0.1) is 11.3 Å². The number of rotatable bonds is 9. The highest BCUT2D eigenvalue weighted by Gasteiger charge is 2.19. The summed E-state index contributed by atoms with van der Waals surface area (Å²) in [6.07, 6.45) is 0.185. The highest BCUT2D eigenvalue weighted by atomic mass is 32.2. The van der Waals surface area contributed by atoms with Crippen LogP contribution in [0.15, 0.2) is 53.4 Å². The molecule has 1 heterocycles. The van der Waals surface area contributed by atoms with Crippen LogP contribution in [0.25, 0.3) is 10.2 Å². The molecular weight excluding hydrogens is 406 g/mol. The van der Waals surface area contributed by atoms with E-state index >= 15 is 0 Å². The molecule has 0 amide bonds. The Balaban J connectivity index is 1.71. The molecule has 0 unspecified atom stereocenters. The van der Waals surface area contributed by atoms with Crippen LogP contribution in [0.3, 0.4) is 0 Å². The fraction of sp³-hybridized carbons (Fsp3) is 0.381. The number of aromatic nitrogens is 1.